The molecule has 0 aromatic heterocycles. The number of piperazine rings is 1. The smallest absolute Gasteiger partial charge is 0.321 e. The first-order valence-corrected chi connectivity index (χ1v) is 10.9. The first-order valence-electron chi connectivity index (χ1n) is 10.9. The van der Waals surface area contributed by atoms with E-state index in [1.165, 1.54) is 0 Å². The van der Waals surface area contributed by atoms with Crippen molar-refractivity contribution in [3.8, 4) is 0 Å². The van der Waals surface area contributed by atoms with Crippen molar-refractivity contribution in [2.75, 3.05) is 49.5 Å². The lowest BCUT2D eigenvalue weighted by Gasteiger charge is -2.37. The van der Waals surface area contributed by atoms with Gasteiger partial charge in [0.25, 0.3) is 5.91 Å². The Bertz CT molecular complexity index is 885. The number of urea groups is 1. The topological polar surface area (TPSA) is 65.1 Å². The SMILES string of the molecule is CC1CN(c2ccc(NC(=O)N3CCN(C(=O)c4ccccc4)CC3)cc2)CC(C)O1. The second kappa shape index (κ2) is 9.39. The third kappa shape index (κ3) is 5.17. The van der Waals surface area contributed by atoms with Gasteiger partial charge in [0.2, 0.25) is 0 Å². The summed E-state index contributed by atoms with van der Waals surface area (Å²) in [5, 5.41) is 2.98. The van der Waals surface area contributed by atoms with Crippen LogP contribution in [-0.4, -0.2) is 73.2 Å². The van der Waals surface area contributed by atoms with E-state index in [1.807, 2.05) is 54.6 Å². The summed E-state index contributed by atoms with van der Waals surface area (Å²) in [6.45, 7) is 8.01. The van der Waals surface area contributed by atoms with Crippen LogP contribution in [0.25, 0.3) is 0 Å². The Labute approximate surface area is 183 Å². The first kappa shape index (κ1) is 21.2. The maximum Gasteiger partial charge on any atom is 0.321 e. The van der Waals surface area contributed by atoms with Gasteiger partial charge in [0.15, 0.2) is 0 Å². The summed E-state index contributed by atoms with van der Waals surface area (Å²) in [7, 11) is 0. The third-order valence-corrected chi connectivity index (χ3v) is 5.78. The van der Waals surface area contributed by atoms with E-state index in [9.17, 15) is 9.59 Å². The molecule has 7 heteroatoms. The molecule has 2 saturated heterocycles. The number of carbonyl (C=O) groups excluding carboxylic acids is 2. The Hall–Kier alpha value is -3.06. The number of ether oxygens (including phenoxy) is 1. The first-order chi connectivity index (χ1) is 15.0. The lowest BCUT2D eigenvalue weighted by Crippen LogP contribution is -2.51. The average molecular weight is 423 g/mol. The van der Waals surface area contributed by atoms with Gasteiger partial charge in [-0.2, -0.15) is 0 Å². The van der Waals surface area contributed by atoms with Crippen LogP contribution in [0.3, 0.4) is 0 Å². The van der Waals surface area contributed by atoms with Gasteiger partial charge in [-0.15, -0.1) is 0 Å². The van der Waals surface area contributed by atoms with E-state index in [1.54, 1.807) is 9.80 Å². The molecule has 2 atom stereocenters. The fourth-order valence-electron chi connectivity index (χ4n) is 4.22. The highest BCUT2D eigenvalue weighted by molar-refractivity contribution is 5.94. The molecule has 0 saturated carbocycles. The predicted octanol–water partition coefficient (Wildman–Crippen LogP) is 3.29. The summed E-state index contributed by atoms with van der Waals surface area (Å²) < 4.78 is 5.80. The highest BCUT2D eigenvalue weighted by Gasteiger charge is 2.25. The van der Waals surface area contributed by atoms with Crippen LogP contribution in [-0.2, 0) is 4.74 Å². The Morgan fingerprint density at radius 1 is 0.839 bits per heavy atom. The van der Waals surface area contributed by atoms with Gasteiger partial charge in [0.05, 0.1) is 12.2 Å². The summed E-state index contributed by atoms with van der Waals surface area (Å²) in [5.74, 6) is 0.0167. The summed E-state index contributed by atoms with van der Waals surface area (Å²) in [4.78, 5) is 31.1. The fraction of sp³-hybridized carbons (Fsp3) is 0.417. The van der Waals surface area contributed by atoms with Crippen molar-refractivity contribution in [1.29, 1.82) is 0 Å². The minimum absolute atomic E-state index is 0.0167. The Morgan fingerprint density at radius 3 is 2.03 bits per heavy atom. The van der Waals surface area contributed by atoms with Gasteiger partial charge in [-0.25, -0.2) is 4.79 Å². The van der Waals surface area contributed by atoms with Crippen LogP contribution in [0, 0.1) is 0 Å². The summed E-state index contributed by atoms with van der Waals surface area (Å²) in [6, 6.07) is 17.1. The maximum absolute atomic E-state index is 12.7. The molecule has 164 valence electrons. The van der Waals surface area contributed by atoms with Gasteiger partial charge in [0, 0.05) is 56.2 Å². The van der Waals surface area contributed by atoms with Crippen LogP contribution in [0.5, 0.6) is 0 Å². The normalized spacial score (nSPS) is 21.7. The highest BCUT2D eigenvalue weighted by Crippen LogP contribution is 2.22. The third-order valence-electron chi connectivity index (χ3n) is 5.78. The fourth-order valence-corrected chi connectivity index (χ4v) is 4.22. The number of hydrogen-bond donors (Lipinski definition) is 1. The number of anilines is 2. The highest BCUT2D eigenvalue weighted by atomic mass is 16.5. The van der Waals surface area contributed by atoms with Crippen molar-refractivity contribution >= 4 is 23.3 Å². The summed E-state index contributed by atoms with van der Waals surface area (Å²) >= 11 is 0. The molecule has 0 bridgehead atoms. The Kier molecular flexibility index (Phi) is 6.42. The molecule has 2 aromatic rings. The van der Waals surface area contributed by atoms with Crippen molar-refractivity contribution in [2.45, 2.75) is 26.1 Å². The second-order valence-electron chi connectivity index (χ2n) is 8.28. The van der Waals surface area contributed by atoms with Crippen LogP contribution in [0.15, 0.2) is 54.6 Å². The molecule has 4 rings (SSSR count). The number of carbonyl (C=O) groups is 2. The predicted molar refractivity (Wildman–Crippen MR) is 122 cm³/mol. The molecule has 2 heterocycles. The lowest BCUT2D eigenvalue weighted by atomic mass is 10.2. The zero-order valence-corrected chi connectivity index (χ0v) is 18.2. The maximum atomic E-state index is 12.7. The minimum Gasteiger partial charge on any atom is -0.372 e. The Balaban J connectivity index is 1.29. The molecular weight excluding hydrogens is 392 g/mol. The lowest BCUT2D eigenvalue weighted by molar-refractivity contribution is -0.00521. The number of rotatable bonds is 3. The standard InChI is InChI=1S/C24H30N4O3/c1-18-16-28(17-19(2)31-18)22-10-8-21(9-11-22)25-24(30)27-14-12-26(13-15-27)23(29)20-6-4-3-5-7-20/h3-11,18-19H,12-17H2,1-2H3,(H,25,30). The Morgan fingerprint density at radius 2 is 1.42 bits per heavy atom. The molecule has 2 unspecified atom stereocenters. The molecule has 0 aliphatic carbocycles. The summed E-state index contributed by atoms with van der Waals surface area (Å²) in [6.07, 6.45) is 0.408. The van der Waals surface area contributed by atoms with E-state index in [0.29, 0.717) is 31.7 Å². The van der Waals surface area contributed by atoms with Gasteiger partial charge in [-0.1, -0.05) is 18.2 Å². The van der Waals surface area contributed by atoms with Crippen LogP contribution >= 0.6 is 0 Å². The number of nitrogens with one attached hydrogen (secondary N) is 1. The average Bonchev–Trinajstić information content (AvgIpc) is 2.79. The molecule has 0 radical (unpaired) electrons. The molecule has 1 N–H and O–H groups in total. The molecule has 2 aromatic carbocycles. The van der Waals surface area contributed by atoms with E-state index >= 15 is 0 Å². The van der Waals surface area contributed by atoms with Crippen molar-refractivity contribution in [3.63, 3.8) is 0 Å². The molecule has 7 nitrogen and oxygen atoms in total. The monoisotopic (exact) mass is 422 g/mol. The van der Waals surface area contributed by atoms with Crippen molar-refractivity contribution < 1.29 is 14.3 Å². The van der Waals surface area contributed by atoms with Crippen LogP contribution in [0.2, 0.25) is 0 Å². The number of morpholine rings is 1. The molecule has 2 fully saturated rings. The van der Waals surface area contributed by atoms with E-state index in [2.05, 4.69) is 24.1 Å². The number of amides is 3. The van der Waals surface area contributed by atoms with Crippen LogP contribution in [0.1, 0.15) is 24.2 Å². The number of benzene rings is 2. The second-order valence-corrected chi connectivity index (χ2v) is 8.28. The van der Waals surface area contributed by atoms with Gasteiger partial charge in [-0.3, -0.25) is 4.79 Å². The van der Waals surface area contributed by atoms with Crippen molar-refractivity contribution in [2.24, 2.45) is 0 Å². The van der Waals surface area contributed by atoms with Crippen LogP contribution in [0.4, 0.5) is 16.2 Å². The van der Waals surface area contributed by atoms with Crippen LogP contribution < -0.4 is 10.2 Å². The number of hydrogen-bond acceptors (Lipinski definition) is 4. The van der Waals surface area contributed by atoms with Gasteiger partial charge in [0.1, 0.15) is 0 Å². The van der Waals surface area contributed by atoms with E-state index in [4.69, 9.17) is 4.74 Å². The minimum atomic E-state index is -0.131. The van der Waals surface area contributed by atoms with E-state index < -0.39 is 0 Å². The molecule has 0 spiro atoms. The van der Waals surface area contributed by atoms with E-state index in [0.717, 1.165) is 24.5 Å². The number of nitrogens with zero attached hydrogens (tertiary/aromatic N) is 3. The zero-order valence-electron chi connectivity index (χ0n) is 18.2. The van der Waals surface area contributed by atoms with Gasteiger partial charge in [-0.05, 0) is 50.2 Å². The van der Waals surface area contributed by atoms with Crippen molar-refractivity contribution in [3.05, 3.63) is 60.2 Å². The van der Waals surface area contributed by atoms with Gasteiger partial charge < -0.3 is 24.8 Å². The molecule has 31 heavy (non-hydrogen) atoms. The van der Waals surface area contributed by atoms with E-state index in [-0.39, 0.29) is 24.1 Å². The van der Waals surface area contributed by atoms with Gasteiger partial charge >= 0.3 is 6.03 Å². The zero-order chi connectivity index (χ0) is 21.8. The quantitative estimate of drug-likeness (QED) is 0.824. The molecule has 2 aliphatic rings. The summed E-state index contributed by atoms with van der Waals surface area (Å²) in [5.41, 5.74) is 2.59. The molecular formula is C24H30N4O3. The largest absolute Gasteiger partial charge is 0.372 e. The molecule has 2 aliphatic heterocycles. The van der Waals surface area contributed by atoms with Crippen molar-refractivity contribution in [1.82, 2.24) is 9.80 Å². The molecule has 3 amide bonds.